The first-order valence-corrected chi connectivity index (χ1v) is 13.0. The van der Waals surface area contributed by atoms with E-state index < -0.39 is 33.7 Å². The minimum atomic E-state index is -4.42. The molecule has 1 fully saturated rings. The van der Waals surface area contributed by atoms with Gasteiger partial charge in [0.15, 0.2) is 11.6 Å². The van der Waals surface area contributed by atoms with Gasteiger partial charge in [-0.25, -0.2) is 22.8 Å². The highest BCUT2D eigenvalue weighted by Gasteiger charge is 2.36. The maximum absolute atomic E-state index is 14.9. The number of sulfonamides is 1. The standard InChI is InChI=1S/C25H26F4N4O3S/c1-33(2)21-13-17(16-4-3-5-18(12-16)25(27,28)29)6-8-23(21)36-22-9-7-19(14-20(22)26)37(34,35)32-24-10-11-30-15-31-24/h3-5,7,9-12,14-15,17,21,23H,6,8,13H2,1-2H3,(H,30,31,32)/t17-,21-,23-/m0/s1. The van der Waals surface area contributed by atoms with Crippen LogP contribution in [0.4, 0.5) is 23.4 Å². The van der Waals surface area contributed by atoms with Crippen LogP contribution in [-0.4, -0.2) is 49.5 Å². The second kappa shape index (κ2) is 10.6. The number of rotatable bonds is 7. The van der Waals surface area contributed by atoms with Crippen molar-refractivity contribution in [1.29, 1.82) is 0 Å². The summed E-state index contributed by atoms with van der Waals surface area (Å²) in [4.78, 5) is 9.12. The molecule has 0 radical (unpaired) electrons. The summed E-state index contributed by atoms with van der Waals surface area (Å²) in [6, 6.07) is 9.88. The van der Waals surface area contributed by atoms with E-state index >= 15 is 0 Å². The molecule has 0 amide bonds. The maximum atomic E-state index is 14.9. The van der Waals surface area contributed by atoms with Gasteiger partial charge in [-0.1, -0.05) is 18.2 Å². The maximum Gasteiger partial charge on any atom is 0.416 e. The van der Waals surface area contributed by atoms with Gasteiger partial charge in [-0.2, -0.15) is 13.2 Å². The van der Waals surface area contributed by atoms with E-state index in [0.29, 0.717) is 24.8 Å². The van der Waals surface area contributed by atoms with Crippen LogP contribution in [0.2, 0.25) is 0 Å². The van der Waals surface area contributed by atoms with Gasteiger partial charge >= 0.3 is 6.18 Å². The molecule has 1 aliphatic rings. The molecule has 4 rings (SSSR count). The van der Waals surface area contributed by atoms with Crippen molar-refractivity contribution in [2.24, 2.45) is 0 Å². The highest BCUT2D eigenvalue weighted by Crippen LogP contribution is 2.39. The second-order valence-electron chi connectivity index (χ2n) is 9.11. The first-order chi connectivity index (χ1) is 17.4. The van der Waals surface area contributed by atoms with Gasteiger partial charge in [0.25, 0.3) is 10.0 Å². The molecule has 0 spiro atoms. The number of halogens is 4. The molecule has 2 aromatic carbocycles. The van der Waals surface area contributed by atoms with Crippen LogP contribution in [0, 0.1) is 5.82 Å². The Kier molecular flexibility index (Phi) is 7.69. The third-order valence-electron chi connectivity index (χ3n) is 6.42. The minimum absolute atomic E-state index is 0.0436. The summed E-state index contributed by atoms with van der Waals surface area (Å²) in [5.74, 6) is -1.01. The molecule has 1 saturated carbocycles. The number of aromatic nitrogens is 2. The summed E-state index contributed by atoms with van der Waals surface area (Å²) >= 11 is 0. The second-order valence-corrected chi connectivity index (χ2v) is 10.8. The molecule has 12 heteroatoms. The number of benzene rings is 2. The fourth-order valence-corrected chi connectivity index (χ4v) is 5.55. The number of alkyl halides is 3. The smallest absolute Gasteiger partial charge is 0.416 e. The Balaban J connectivity index is 1.48. The van der Waals surface area contributed by atoms with Crippen molar-refractivity contribution in [2.75, 3.05) is 18.8 Å². The van der Waals surface area contributed by atoms with Gasteiger partial charge in [0.05, 0.1) is 10.5 Å². The number of likely N-dealkylation sites (N-methyl/N-ethyl adjacent to an activating group) is 1. The molecule has 3 aromatic rings. The van der Waals surface area contributed by atoms with Gasteiger partial charge in [0, 0.05) is 12.2 Å². The monoisotopic (exact) mass is 538 g/mol. The Morgan fingerprint density at radius 3 is 2.51 bits per heavy atom. The van der Waals surface area contributed by atoms with Crippen molar-refractivity contribution in [3.05, 3.63) is 78.0 Å². The molecule has 1 aromatic heterocycles. The lowest BCUT2D eigenvalue weighted by atomic mass is 9.79. The molecule has 0 aliphatic heterocycles. The molecule has 37 heavy (non-hydrogen) atoms. The Bertz CT molecular complexity index is 1340. The van der Waals surface area contributed by atoms with Crippen molar-refractivity contribution in [3.8, 4) is 5.75 Å². The van der Waals surface area contributed by atoms with E-state index in [-0.39, 0.29) is 28.4 Å². The molecular weight excluding hydrogens is 512 g/mol. The third kappa shape index (κ3) is 6.37. The van der Waals surface area contributed by atoms with Gasteiger partial charge < -0.3 is 9.64 Å². The van der Waals surface area contributed by atoms with Crippen LogP contribution >= 0.6 is 0 Å². The van der Waals surface area contributed by atoms with E-state index in [0.717, 1.165) is 12.1 Å². The topological polar surface area (TPSA) is 84.4 Å². The van der Waals surface area contributed by atoms with Gasteiger partial charge in [-0.3, -0.25) is 4.72 Å². The van der Waals surface area contributed by atoms with Gasteiger partial charge in [-0.15, -0.1) is 0 Å². The van der Waals surface area contributed by atoms with Crippen molar-refractivity contribution in [1.82, 2.24) is 14.9 Å². The summed E-state index contributed by atoms with van der Waals surface area (Å²) in [6.07, 6.45) is -0.738. The number of nitrogens with one attached hydrogen (secondary N) is 1. The average Bonchev–Trinajstić information content (AvgIpc) is 2.85. The van der Waals surface area contributed by atoms with Gasteiger partial charge in [0.1, 0.15) is 18.2 Å². The predicted molar refractivity (Wildman–Crippen MR) is 129 cm³/mol. The average molecular weight is 539 g/mol. The summed E-state index contributed by atoms with van der Waals surface area (Å²) in [5, 5.41) is 0. The number of hydrogen-bond donors (Lipinski definition) is 1. The van der Waals surface area contributed by atoms with E-state index in [1.165, 1.54) is 42.9 Å². The predicted octanol–water partition coefficient (Wildman–Crippen LogP) is 5.08. The molecule has 1 heterocycles. The van der Waals surface area contributed by atoms with E-state index in [2.05, 4.69) is 14.7 Å². The van der Waals surface area contributed by atoms with E-state index in [1.807, 2.05) is 19.0 Å². The summed E-state index contributed by atoms with van der Waals surface area (Å²) in [6.45, 7) is 0. The number of nitrogens with zero attached hydrogens (tertiary/aromatic N) is 3. The summed E-state index contributed by atoms with van der Waals surface area (Å²) in [5.41, 5.74) is -0.0758. The zero-order chi connectivity index (χ0) is 26.8. The summed E-state index contributed by atoms with van der Waals surface area (Å²) in [7, 11) is -0.419. The van der Waals surface area contributed by atoms with Crippen LogP contribution in [-0.2, 0) is 16.2 Å². The van der Waals surface area contributed by atoms with Crippen molar-refractivity contribution in [2.45, 2.75) is 48.4 Å². The van der Waals surface area contributed by atoms with E-state index in [9.17, 15) is 26.0 Å². The Morgan fingerprint density at radius 2 is 1.86 bits per heavy atom. The highest BCUT2D eigenvalue weighted by atomic mass is 32.2. The van der Waals surface area contributed by atoms with Crippen molar-refractivity contribution in [3.63, 3.8) is 0 Å². The third-order valence-corrected chi connectivity index (χ3v) is 7.77. The van der Waals surface area contributed by atoms with Crippen LogP contribution in [0.25, 0.3) is 0 Å². The van der Waals surface area contributed by atoms with Crippen molar-refractivity contribution >= 4 is 15.8 Å². The van der Waals surface area contributed by atoms with Gasteiger partial charge in [-0.05, 0) is 75.2 Å². The van der Waals surface area contributed by atoms with Crippen LogP contribution in [0.3, 0.4) is 0 Å². The highest BCUT2D eigenvalue weighted by molar-refractivity contribution is 7.92. The Hall–Kier alpha value is -3.25. The zero-order valence-electron chi connectivity index (χ0n) is 20.1. The number of ether oxygens (including phenoxy) is 1. The van der Waals surface area contributed by atoms with Crippen molar-refractivity contribution < 1.29 is 30.7 Å². The molecule has 1 aliphatic carbocycles. The van der Waals surface area contributed by atoms with Crippen LogP contribution in [0.1, 0.15) is 36.3 Å². The van der Waals surface area contributed by atoms with Crippen LogP contribution in [0.5, 0.6) is 5.75 Å². The number of anilines is 1. The largest absolute Gasteiger partial charge is 0.486 e. The van der Waals surface area contributed by atoms with E-state index in [1.54, 1.807) is 6.07 Å². The molecule has 198 valence electrons. The lowest BCUT2D eigenvalue weighted by Crippen LogP contribution is -2.46. The lowest BCUT2D eigenvalue weighted by Gasteiger charge is -2.40. The first kappa shape index (κ1) is 26.8. The molecule has 0 bridgehead atoms. The van der Waals surface area contributed by atoms with E-state index in [4.69, 9.17) is 4.74 Å². The quantitative estimate of drug-likeness (QED) is 0.423. The van der Waals surface area contributed by atoms with Gasteiger partial charge in [0.2, 0.25) is 0 Å². The summed E-state index contributed by atoms with van der Waals surface area (Å²) < 4.78 is 87.9. The molecular formula is C25H26F4N4O3S. The van der Waals surface area contributed by atoms with Crippen LogP contribution < -0.4 is 9.46 Å². The fraction of sp³-hybridized carbons (Fsp3) is 0.360. The SMILES string of the molecule is CN(C)[C@H]1C[C@@H](c2cccc(C(F)(F)F)c2)CC[C@@H]1Oc1ccc(S(=O)(=O)Nc2ccncn2)cc1F. The lowest BCUT2D eigenvalue weighted by molar-refractivity contribution is -0.137. The number of hydrogen-bond acceptors (Lipinski definition) is 6. The fourth-order valence-electron chi connectivity index (χ4n) is 4.53. The molecule has 7 nitrogen and oxygen atoms in total. The molecule has 1 N–H and O–H groups in total. The molecule has 0 unspecified atom stereocenters. The molecule has 3 atom stereocenters. The Morgan fingerprint density at radius 1 is 1.08 bits per heavy atom. The normalized spacial score (nSPS) is 20.6. The van der Waals surface area contributed by atoms with Crippen LogP contribution in [0.15, 0.2) is 66.0 Å². The molecule has 0 saturated heterocycles. The minimum Gasteiger partial charge on any atom is -0.486 e. The Labute approximate surface area is 212 Å². The first-order valence-electron chi connectivity index (χ1n) is 11.5. The zero-order valence-corrected chi connectivity index (χ0v) is 20.9.